The Morgan fingerprint density at radius 2 is 2.29 bits per heavy atom. The van der Waals surface area contributed by atoms with Crippen molar-refractivity contribution in [3.8, 4) is 0 Å². The largest absolute Gasteiger partial charge is 0.392 e. The minimum Gasteiger partial charge on any atom is -0.392 e. The second-order valence-corrected chi connectivity index (χ2v) is 4.52. The van der Waals surface area contributed by atoms with Gasteiger partial charge in [0.25, 0.3) is 0 Å². The van der Waals surface area contributed by atoms with Crippen LogP contribution < -0.4 is 0 Å². The van der Waals surface area contributed by atoms with Gasteiger partial charge in [0.1, 0.15) is 0 Å². The van der Waals surface area contributed by atoms with Gasteiger partial charge in [-0.2, -0.15) is 0 Å². The number of β-amino-alcohol motifs (C(OH)–C–C–N with tert-alkyl or cyclic N) is 1. The molecule has 1 unspecified atom stereocenters. The number of aliphatic hydroxyl groups is 1. The molecule has 2 fully saturated rings. The van der Waals surface area contributed by atoms with Gasteiger partial charge in [0, 0.05) is 19.7 Å². The number of hydrogen-bond donors (Lipinski definition) is 1. The van der Waals surface area contributed by atoms with E-state index < -0.39 is 0 Å². The van der Waals surface area contributed by atoms with Gasteiger partial charge < -0.3 is 14.7 Å². The predicted molar refractivity (Wildman–Crippen MR) is 55.3 cm³/mol. The van der Waals surface area contributed by atoms with Crippen LogP contribution in [0.1, 0.15) is 32.1 Å². The van der Waals surface area contributed by atoms with E-state index in [0.29, 0.717) is 6.10 Å². The van der Waals surface area contributed by atoms with Crippen molar-refractivity contribution in [1.29, 1.82) is 0 Å². The molecule has 3 nitrogen and oxygen atoms in total. The molecule has 0 saturated carbocycles. The van der Waals surface area contributed by atoms with Crippen LogP contribution in [0.25, 0.3) is 0 Å². The molecule has 0 bridgehead atoms. The molecule has 14 heavy (non-hydrogen) atoms. The van der Waals surface area contributed by atoms with Crippen molar-refractivity contribution in [2.45, 2.75) is 44.3 Å². The summed E-state index contributed by atoms with van der Waals surface area (Å²) >= 11 is 0. The maximum atomic E-state index is 9.34. The summed E-state index contributed by atoms with van der Waals surface area (Å²) in [5.41, 5.74) is 0. The van der Waals surface area contributed by atoms with Gasteiger partial charge in [0.15, 0.2) is 0 Å². The summed E-state index contributed by atoms with van der Waals surface area (Å²) in [6, 6.07) is 0. The molecule has 0 spiro atoms. The summed E-state index contributed by atoms with van der Waals surface area (Å²) in [5, 5.41) is 9.34. The van der Waals surface area contributed by atoms with Gasteiger partial charge >= 0.3 is 0 Å². The lowest BCUT2D eigenvalue weighted by molar-refractivity contribution is 0.0989. The van der Waals surface area contributed by atoms with E-state index in [4.69, 9.17) is 4.74 Å². The number of likely N-dealkylation sites (tertiary alicyclic amines) is 1. The van der Waals surface area contributed by atoms with Gasteiger partial charge in [0.05, 0.1) is 12.2 Å². The molecule has 0 aromatic heterocycles. The summed E-state index contributed by atoms with van der Waals surface area (Å²) < 4.78 is 5.57. The van der Waals surface area contributed by atoms with Gasteiger partial charge in [-0.3, -0.25) is 0 Å². The van der Waals surface area contributed by atoms with Crippen molar-refractivity contribution in [1.82, 2.24) is 4.90 Å². The highest BCUT2D eigenvalue weighted by Crippen LogP contribution is 2.17. The summed E-state index contributed by atoms with van der Waals surface area (Å²) in [6.07, 6.45) is 6.33. The molecule has 2 aliphatic heterocycles. The summed E-state index contributed by atoms with van der Waals surface area (Å²) in [4.78, 5) is 2.36. The molecular formula is C11H21NO2. The number of hydrogen-bond acceptors (Lipinski definition) is 3. The Morgan fingerprint density at radius 3 is 2.93 bits per heavy atom. The van der Waals surface area contributed by atoms with Crippen molar-refractivity contribution >= 4 is 0 Å². The van der Waals surface area contributed by atoms with E-state index in [9.17, 15) is 5.11 Å². The van der Waals surface area contributed by atoms with E-state index in [2.05, 4.69) is 4.90 Å². The zero-order chi connectivity index (χ0) is 9.80. The van der Waals surface area contributed by atoms with E-state index in [1.807, 2.05) is 0 Å². The SMILES string of the molecule is O[C@@H]1CCN(CCCC2CCCO2)C1. The second kappa shape index (κ2) is 5.10. The van der Waals surface area contributed by atoms with Crippen molar-refractivity contribution in [2.24, 2.45) is 0 Å². The monoisotopic (exact) mass is 199 g/mol. The van der Waals surface area contributed by atoms with Crippen LogP contribution in [-0.4, -0.2) is 48.5 Å². The molecule has 2 heterocycles. The Labute approximate surface area is 86.0 Å². The lowest BCUT2D eigenvalue weighted by Crippen LogP contribution is -2.24. The van der Waals surface area contributed by atoms with E-state index >= 15 is 0 Å². The highest BCUT2D eigenvalue weighted by Gasteiger charge is 2.20. The van der Waals surface area contributed by atoms with Crippen molar-refractivity contribution < 1.29 is 9.84 Å². The smallest absolute Gasteiger partial charge is 0.0679 e. The third-order valence-corrected chi connectivity index (χ3v) is 3.27. The minimum absolute atomic E-state index is 0.0715. The van der Waals surface area contributed by atoms with Gasteiger partial charge in [-0.05, 0) is 38.6 Å². The first-order valence-corrected chi connectivity index (χ1v) is 5.86. The molecule has 1 N–H and O–H groups in total. The third kappa shape index (κ3) is 2.94. The van der Waals surface area contributed by atoms with E-state index in [-0.39, 0.29) is 6.10 Å². The van der Waals surface area contributed by atoms with Crippen LogP contribution in [0.2, 0.25) is 0 Å². The molecule has 2 aliphatic rings. The van der Waals surface area contributed by atoms with Crippen molar-refractivity contribution in [3.63, 3.8) is 0 Å². The van der Waals surface area contributed by atoms with Crippen LogP contribution in [0.5, 0.6) is 0 Å². The number of ether oxygens (including phenoxy) is 1. The first-order valence-electron chi connectivity index (χ1n) is 5.86. The lowest BCUT2D eigenvalue weighted by Gasteiger charge is -2.16. The summed E-state index contributed by atoms with van der Waals surface area (Å²) in [7, 11) is 0. The topological polar surface area (TPSA) is 32.7 Å². The van der Waals surface area contributed by atoms with Crippen LogP contribution in [0, 0.1) is 0 Å². The van der Waals surface area contributed by atoms with Gasteiger partial charge in [-0.1, -0.05) is 0 Å². The van der Waals surface area contributed by atoms with E-state index in [1.165, 1.54) is 25.7 Å². The Morgan fingerprint density at radius 1 is 1.36 bits per heavy atom. The highest BCUT2D eigenvalue weighted by atomic mass is 16.5. The molecular weight excluding hydrogens is 178 g/mol. The number of nitrogens with zero attached hydrogens (tertiary/aromatic N) is 1. The van der Waals surface area contributed by atoms with Crippen LogP contribution in [0.4, 0.5) is 0 Å². The molecule has 0 aromatic rings. The Kier molecular flexibility index (Phi) is 3.79. The molecule has 0 radical (unpaired) electrons. The Hall–Kier alpha value is -0.120. The minimum atomic E-state index is -0.0715. The van der Waals surface area contributed by atoms with Crippen LogP contribution in [0.15, 0.2) is 0 Å². The number of aliphatic hydroxyl groups excluding tert-OH is 1. The molecule has 2 atom stereocenters. The predicted octanol–water partition coefficient (Wildman–Crippen LogP) is 1.01. The summed E-state index contributed by atoms with van der Waals surface area (Å²) in [5.74, 6) is 0. The highest BCUT2D eigenvalue weighted by molar-refractivity contribution is 4.74. The normalized spacial score (nSPS) is 34.1. The molecule has 2 rings (SSSR count). The maximum absolute atomic E-state index is 9.34. The molecule has 0 aliphatic carbocycles. The van der Waals surface area contributed by atoms with Gasteiger partial charge in [-0.15, -0.1) is 0 Å². The summed E-state index contributed by atoms with van der Waals surface area (Å²) in [6.45, 7) is 4.06. The number of rotatable bonds is 4. The van der Waals surface area contributed by atoms with Crippen LogP contribution >= 0.6 is 0 Å². The quantitative estimate of drug-likeness (QED) is 0.733. The fourth-order valence-electron chi connectivity index (χ4n) is 2.43. The van der Waals surface area contributed by atoms with Crippen LogP contribution in [0.3, 0.4) is 0 Å². The zero-order valence-corrected chi connectivity index (χ0v) is 8.82. The standard InChI is InChI=1S/C11H21NO2/c13-10-5-7-12(9-10)6-1-3-11-4-2-8-14-11/h10-11,13H,1-9H2/t10-,11?/m1/s1. The van der Waals surface area contributed by atoms with E-state index in [1.54, 1.807) is 0 Å². The fraction of sp³-hybridized carbons (Fsp3) is 1.00. The molecule has 3 heteroatoms. The second-order valence-electron chi connectivity index (χ2n) is 4.52. The Balaban J connectivity index is 1.54. The zero-order valence-electron chi connectivity index (χ0n) is 8.82. The van der Waals surface area contributed by atoms with Crippen molar-refractivity contribution in [2.75, 3.05) is 26.2 Å². The third-order valence-electron chi connectivity index (χ3n) is 3.27. The fourth-order valence-corrected chi connectivity index (χ4v) is 2.43. The van der Waals surface area contributed by atoms with Crippen LogP contribution in [-0.2, 0) is 4.74 Å². The van der Waals surface area contributed by atoms with E-state index in [0.717, 1.165) is 32.7 Å². The first-order chi connectivity index (χ1) is 6.84. The Bertz CT molecular complexity index is 169. The van der Waals surface area contributed by atoms with Crippen molar-refractivity contribution in [3.05, 3.63) is 0 Å². The molecule has 0 amide bonds. The van der Waals surface area contributed by atoms with Gasteiger partial charge in [0.2, 0.25) is 0 Å². The molecule has 2 saturated heterocycles. The average Bonchev–Trinajstić information content (AvgIpc) is 2.77. The lowest BCUT2D eigenvalue weighted by atomic mass is 10.1. The molecule has 82 valence electrons. The maximum Gasteiger partial charge on any atom is 0.0679 e. The average molecular weight is 199 g/mol. The first kappa shape index (κ1) is 10.4. The van der Waals surface area contributed by atoms with Gasteiger partial charge in [-0.25, -0.2) is 0 Å². The molecule has 0 aromatic carbocycles.